The highest BCUT2D eigenvalue weighted by molar-refractivity contribution is 7.91. The Morgan fingerprint density at radius 2 is 1.77 bits per heavy atom. The maximum absolute atomic E-state index is 13.5. The zero-order valence-electron chi connectivity index (χ0n) is 18.2. The Labute approximate surface area is 197 Å². The predicted molar refractivity (Wildman–Crippen MR) is 121 cm³/mol. The van der Waals surface area contributed by atoms with Gasteiger partial charge in [-0.15, -0.1) is 0 Å². The molecule has 12 heteroatoms. The fourth-order valence-corrected chi connectivity index (χ4v) is 4.10. The molecule has 0 atom stereocenters. The molecule has 0 aliphatic heterocycles. The number of sulfone groups is 1. The predicted octanol–water partition coefficient (Wildman–Crippen LogP) is 5.30. The molecule has 4 rings (SSSR count). The van der Waals surface area contributed by atoms with E-state index < -0.39 is 27.6 Å². The number of pyridine rings is 1. The molecule has 0 fully saturated rings. The number of methoxy groups -OCH3 is 1. The van der Waals surface area contributed by atoms with Gasteiger partial charge in [0.15, 0.2) is 11.8 Å². The number of anilines is 2. The van der Waals surface area contributed by atoms with Crippen molar-refractivity contribution in [1.82, 2.24) is 15.0 Å². The molecule has 1 N–H and O–H groups in total. The Morgan fingerprint density at radius 1 is 1.03 bits per heavy atom. The van der Waals surface area contributed by atoms with Crippen LogP contribution in [-0.4, -0.2) is 36.5 Å². The Hall–Kier alpha value is -3.64. The van der Waals surface area contributed by atoms with E-state index in [2.05, 4.69) is 20.3 Å². The third kappa shape index (κ3) is 5.23. The first-order valence-corrected chi connectivity index (χ1v) is 11.8. The number of rotatable bonds is 7. The molecule has 182 valence electrons. The van der Waals surface area contributed by atoms with Crippen LogP contribution in [0.5, 0.6) is 0 Å². The van der Waals surface area contributed by atoms with Crippen LogP contribution in [0.15, 0.2) is 65.7 Å². The summed E-state index contributed by atoms with van der Waals surface area (Å²) < 4.78 is 81.7. The summed E-state index contributed by atoms with van der Waals surface area (Å²) in [4.78, 5) is 12.6. The first kappa shape index (κ1) is 24.5. The Balaban J connectivity index is 1.78. The van der Waals surface area contributed by atoms with E-state index in [1.807, 2.05) is 0 Å². The van der Waals surface area contributed by atoms with Crippen LogP contribution in [0.4, 0.5) is 29.1 Å². The van der Waals surface area contributed by atoms with Gasteiger partial charge < -0.3 is 10.1 Å². The van der Waals surface area contributed by atoms with Gasteiger partial charge in [-0.25, -0.2) is 22.8 Å². The number of halogens is 4. The van der Waals surface area contributed by atoms with Crippen LogP contribution in [0, 0.1) is 0 Å². The molecule has 0 unspecified atom stereocenters. The molecule has 0 aliphatic rings. The van der Waals surface area contributed by atoms with Crippen molar-refractivity contribution in [2.75, 3.05) is 18.4 Å². The number of nitrogens with zero attached hydrogens (tertiary/aromatic N) is 3. The van der Waals surface area contributed by atoms with E-state index in [1.54, 1.807) is 6.07 Å². The summed E-state index contributed by atoms with van der Waals surface area (Å²) in [5.41, 5.74) is -0.0684. The molecule has 0 aliphatic carbocycles. The minimum Gasteiger partial charge on any atom is -0.377 e. The van der Waals surface area contributed by atoms with E-state index in [0.717, 1.165) is 6.07 Å². The topological polar surface area (TPSA) is 94.1 Å². The molecule has 35 heavy (non-hydrogen) atoms. The van der Waals surface area contributed by atoms with Crippen LogP contribution < -0.4 is 5.32 Å². The van der Waals surface area contributed by atoms with Gasteiger partial charge in [0, 0.05) is 29.9 Å². The summed E-state index contributed by atoms with van der Waals surface area (Å²) in [5.74, 6) is 0.597. The second-order valence-corrected chi connectivity index (χ2v) is 9.34. The minimum absolute atomic E-state index is 0.0416. The highest BCUT2D eigenvalue weighted by Gasteiger charge is 2.34. The van der Waals surface area contributed by atoms with E-state index in [9.17, 15) is 26.0 Å². The average molecular weight is 506 g/mol. The smallest absolute Gasteiger partial charge is 0.377 e. The van der Waals surface area contributed by atoms with E-state index in [0.29, 0.717) is 22.4 Å². The van der Waals surface area contributed by atoms with E-state index >= 15 is 0 Å². The van der Waals surface area contributed by atoms with Crippen molar-refractivity contribution >= 4 is 32.2 Å². The van der Waals surface area contributed by atoms with Gasteiger partial charge in [0.05, 0.1) is 21.7 Å². The number of benzene rings is 2. The van der Waals surface area contributed by atoms with Crippen LogP contribution in [0.25, 0.3) is 22.2 Å². The second-order valence-electron chi connectivity index (χ2n) is 7.42. The van der Waals surface area contributed by atoms with Crippen LogP contribution in [0.3, 0.4) is 0 Å². The lowest BCUT2D eigenvalue weighted by Gasteiger charge is -2.14. The molecule has 4 aromatic rings. The molecular formula is C23H18F4N4O3S. The highest BCUT2D eigenvalue weighted by atomic mass is 32.2. The SMILES string of the molecule is COCc1nc(Nc2ccc(S(=O)(=O)CF)cc2)c2ccc(-c3ncccc3C(F)(F)F)cc2n1. The third-order valence-corrected chi connectivity index (χ3v) is 6.30. The van der Waals surface area contributed by atoms with E-state index in [-0.39, 0.29) is 28.6 Å². The molecule has 0 radical (unpaired) electrons. The van der Waals surface area contributed by atoms with Gasteiger partial charge in [0.2, 0.25) is 9.84 Å². The fraction of sp³-hybridized carbons (Fsp3) is 0.174. The lowest BCUT2D eigenvalue weighted by Crippen LogP contribution is -2.08. The molecule has 2 aromatic carbocycles. The number of alkyl halides is 4. The fourth-order valence-electron chi connectivity index (χ4n) is 3.42. The number of nitrogens with one attached hydrogen (secondary N) is 1. The summed E-state index contributed by atoms with van der Waals surface area (Å²) in [6.07, 6.45) is -3.30. The molecular weight excluding hydrogens is 488 g/mol. The van der Waals surface area contributed by atoms with Crippen molar-refractivity contribution in [2.24, 2.45) is 0 Å². The number of fused-ring (bicyclic) bond motifs is 1. The molecule has 7 nitrogen and oxygen atoms in total. The molecule has 0 bridgehead atoms. The van der Waals surface area contributed by atoms with Crippen LogP contribution in [-0.2, 0) is 27.4 Å². The summed E-state index contributed by atoms with van der Waals surface area (Å²) in [6.45, 7) is 0.0416. The monoisotopic (exact) mass is 506 g/mol. The average Bonchev–Trinajstić information content (AvgIpc) is 2.84. The van der Waals surface area contributed by atoms with Gasteiger partial charge in [-0.2, -0.15) is 13.2 Å². The normalized spacial score (nSPS) is 12.1. The lowest BCUT2D eigenvalue weighted by molar-refractivity contribution is -0.137. The molecule has 2 heterocycles. The van der Waals surface area contributed by atoms with Crippen molar-refractivity contribution < 1.29 is 30.7 Å². The first-order valence-electron chi connectivity index (χ1n) is 10.1. The molecule has 0 saturated carbocycles. The molecule has 0 spiro atoms. The highest BCUT2D eigenvalue weighted by Crippen LogP contribution is 2.37. The van der Waals surface area contributed by atoms with Crippen LogP contribution in [0.1, 0.15) is 11.4 Å². The number of ether oxygens (including phenoxy) is 1. The Kier molecular flexibility index (Phi) is 6.68. The molecule has 2 aromatic heterocycles. The van der Waals surface area contributed by atoms with Gasteiger partial charge in [-0.1, -0.05) is 6.07 Å². The van der Waals surface area contributed by atoms with Crippen molar-refractivity contribution in [3.8, 4) is 11.3 Å². The Morgan fingerprint density at radius 3 is 2.43 bits per heavy atom. The van der Waals surface area contributed by atoms with Crippen molar-refractivity contribution in [3.63, 3.8) is 0 Å². The van der Waals surface area contributed by atoms with Crippen LogP contribution in [0.2, 0.25) is 0 Å². The van der Waals surface area contributed by atoms with E-state index in [4.69, 9.17) is 4.74 Å². The van der Waals surface area contributed by atoms with Crippen LogP contribution >= 0.6 is 0 Å². The summed E-state index contributed by atoms with van der Waals surface area (Å²) >= 11 is 0. The Bertz CT molecular complexity index is 1480. The number of hydrogen-bond donors (Lipinski definition) is 1. The van der Waals surface area contributed by atoms with Crippen molar-refractivity contribution in [1.29, 1.82) is 0 Å². The third-order valence-electron chi connectivity index (χ3n) is 5.02. The standard InChI is InChI=1S/C23H18F4N4O3S/c1-34-12-20-30-19-11-14(21-18(23(25,26)27)3-2-10-28-21)4-9-17(19)22(31-20)29-15-5-7-16(8-6-15)35(32,33)13-24/h2-11H,12-13H2,1H3,(H,29,30,31). The summed E-state index contributed by atoms with van der Waals surface area (Å²) in [5, 5.41) is 3.55. The zero-order valence-corrected chi connectivity index (χ0v) is 19.0. The maximum atomic E-state index is 13.5. The van der Waals surface area contributed by atoms with Crippen molar-refractivity contribution in [3.05, 3.63) is 72.2 Å². The molecule has 0 saturated heterocycles. The second kappa shape index (κ2) is 9.55. The zero-order chi connectivity index (χ0) is 25.2. The summed E-state index contributed by atoms with van der Waals surface area (Å²) in [7, 11) is -2.56. The van der Waals surface area contributed by atoms with E-state index in [1.165, 1.54) is 55.8 Å². The van der Waals surface area contributed by atoms with Gasteiger partial charge in [-0.05, 0) is 48.5 Å². The number of aromatic nitrogens is 3. The largest absolute Gasteiger partial charge is 0.418 e. The lowest BCUT2D eigenvalue weighted by atomic mass is 10.0. The quantitative estimate of drug-likeness (QED) is 0.340. The van der Waals surface area contributed by atoms with Gasteiger partial charge in [0.25, 0.3) is 0 Å². The number of hydrogen-bond acceptors (Lipinski definition) is 7. The van der Waals surface area contributed by atoms with Gasteiger partial charge in [0.1, 0.15) is 12.4 Å². The van der Waals surface area contributed by atoms with Gasteiger partial charge >= 0.3 is 6.18 Å². The minimum atomic E-state index is -4.58. The maximum Gasteiger partial charge on any atom is 0.418 e. The molecule has 0 amide bonds. The summed E-state index contributed by atoms with van der Waals surface area (Å²) in [6, 6.07) is 10.6. The first-order chi connectivity index (χ1) is 16.6. The van der Waals surface area contributed by atoms with Crippen molar-refractivity contribution in [2.45, 2.75) is 17.7 Å². The van der Waals surface area contributed by atoms with Gasteiger partial charge in [-0.3, -0.25) is 4.98 Å².